The van der Waals surface area contributed by atoms with E-state index in [2.05, 4.69) is 5.32 Å². The number of aryl methyl sites for hydroxylation is 1. The summed E-state index contributed by atoms with van der Waals surface area (Å²) in [5, 5.41) is 13.7. The van der Waals surface area contributed by atoms with Crippen molar-refractivity contribution in [1.29, 1.82) is 0 Å². The average molecular weight is 469 g/mol. The number of hydrogen-bond acceptors (Lipinski definition) is 8. The number of esters is 2. The van der Waals surface area contributed by atoms with Gasteiger partial charge < -0.3 is 19.7 Å². The molecule has 0 saturated carbocycles. The highest BCUT2D eigenvalue weighted by molar-refractivity contribution is 6.00. The van der Waals surface area contributed by atoms with Crippen molar-refractivity contribution < 1.29 is 33.6 Å². The molecule has 178 valence electrons. The van der Waals surface area contributed by atoms with Crippen LogP contribution in [0.2, 0.25) is 0 Å². The summed E-state index contributed by atoms with van der Waals surface area (Å²) in [5.74, 6) is -2.96. The SMILES string of the molecule is CCOC(=O)c1ccc(NC(=O)COC(=O)[C@H]2CC(=O)N(c3ccc(C)c([N+](=O)[O-])c3)C2)cc1. The molecular formula is C23H23N3O8. The van der Waals surface area contributed by atoms with Crippen LogP contribution in [0, 0.1) is 23.0 Å². The molecule has 3 rings (SSSR count). The summed E-state index contributed by atoms with van der Waals surface area (Å²) in [7, 11) is 0. The molecule has 1 N–H and O–H groups in total. The molecule has 0 aromatic heterocycles. The van der Waals surface area contributed by atoms with Gasteiger partial charge in [0.05, 0.1) is 28.7 Å². The number of nitrogens with zero attached hydrogens (tertiary/aromatic N) is 2. The van der Waals surface area contributed by atoms with E-state index in [1.807, 2.05) is 0 Å². The monoisotopic (exact) mass is 469 g/mol. The normalized spacial score (nSPS) is 15.1. The van der Waals surface area contributed by atoms with Crippen LogP contribution in [-0.4, -0.2) is 48.4 Å². The molecule has 0 aliphatic carbocycles. The Morgan fingerprint density at radius 2 is 1.85 bits per heavy atom. The number of ether oxygens (including phenoxy) is 2. The van der Waals surface area contributed by atoms with Crippen molar-refractivity contribution in [3.63, 3.8) is 0 Å². The lowest BCUT2D eigenvalue weighted by molar-refractivity contribution is -0.385. The van der Waals surface area contributed by atoms with Crippen LogP contribution in [0.5, 0.6) is 0 Å². The zero-order valence-corrected chi connectivity index (χ0v) is 18.6. The van der Waals surface area contributed by atoms with E-state index in [0.29, 0.717) is 22.5 Å². The number of nitro benzene ring substituents is 1. The third-order valence-corrected chi connectivity index (χ3v) is 5.18. The van der Waals surface area contributed by atoms with Crippen molar-refractivity contribution in [3.05, 3.63) is 63.7 Å². The molecule has 0 unspecified atom stereocenters. The Labute approximate surface area is 194 Å². The molecule has 2 aromatic rings. The van der Waals surface area contributed by atoms with Crippen LogP contribution < -0.4 is 10.2 Å². The Kier molecular flexibility index (Phi) is 7.57. The molecule has 11 heteroatoms. The van der Waals surface area contributed by atoms with Crippen LogP contribution in [0.25, 0.3) is 0 Å². The summed E-state index contributed by atoms with van der Waals surface area (Å²) in [6, 6.07) is 10.4. The summed E-state index contributed by atoms with van der Waals surface area (Å²) in [4.78, 5) is 60.5. The van der Waals surface area contributed by atoms with Gasteiger partial charge in [0.15, 0.2) is 6.61 Å². The van der Waals surface area contributed by atoms with E-state index in [1.54, 1.807) is 19.9 Å². The number of anilines is 2. The van der Waals surface area contributed by atoms with Crippen LogP contribution in [0.1, 0.15) is 29.3 Å². The Balaban J connectivity index is 1.53. The minimum atomic E-state index is -0.801. The maximum atomic E-state index is 12.4. The summed E-state index contributed by atoms with van der Waals surface area (Å²) < 4.78 is 9.94. The van der Waals surface area contributed by atoms with Gasteiger partial charge in [-0.05, 0) is 44.2 Å². The fourth-order valence-corrected chi connectivity index (χ4v) is 3.43. The van der Waals surface area contributed by atoms with Crippen LogP contribution in [0.4, 0.5) is 17.1 Å². The lowest BCUT2D eigenvalue weighted by Gasteiger charge is -2.16. The summed E-state index contributed by atoms with van der Waals surface area (Å²) in [6.07, 6.45) is -0.128. The summed E-state index contributed by atoms with van der Waals surface area (Å²) in [6.45, 7) is 2.97. The van der Waals surface area contributed by atoms with E-state index in [0.717, 1.165) is 0 Å². The van der Waals surface area contributed by atoms with Crippen molar-refractivity contribution >= 4 is 40.8 Å². The smallest absolute Gasteiger partial charge is 0.338 e. The molecule has 1 aliphatic rings. The Morgan fingerprint density at radius 1 is 1.15 bits per heavy atom. The number of carbonyl (C=O) groups excluding carboxylic acids is 4. The van der Waals surface area contributed by atoms with Gasteiger partial charge in [-0.2, -0.15) is 0 Å². The van der Waals surface area contributed by atoms with E-state index >= 15 is 0 Å². The number of rotatable bonds is 8. The maximum absolute atomic E-state index is 12.4. The molecule has 11 nitrogen and oxygen atoms in total. The second kappa shape index (κ2) is 10.6. The third-order valence-electron chi connectivity index (χ3n) is 5.18. The van der Waals surface area contributed by atoms with Crippen LogP contribution in [0.15, 0.2) is 42.5 Å². The first-order chi connectivity index (χ1) is 16.2. The third kappa shape index (κ3) is 5.74. The van der Waals surface area contributed by atoms with Gasteiger partial charge in [0.2, 0.25) is 5.91 Å². The number of carbonyl (C=O) groups is 4. The highest BCUT2D eigenvalue weighted by atomic mass is 16.6. The topological polar surface area (TPSA) is 145 Å². The minimum absolute atomic E-state index is 0.00514. The van der Waals surface area contributed by atoms with Gasteiger partial charge >= 0.3 is 11.9 Å². The van der Waals surface area contributed by atoms with E-state index in [-0.39, 0.29) is 31.2 Å². The first kappa shape index (κ1) is 24.4. The van der Waals surface area contributed by atoms with Gasteiger partial charge in [0.1, 0.15) is 0 Å². The van der Waals surface area contributed by atoms with Crippen molar-refractivity contribution in [3.8, 4) is 0 Å². The lowest BCUT2D eigenvalue weighted by atomic mass is 10.1. The Hall–Kier alpha value is -4.28. The van der Waals surface area contributed by atoms with Crippen molar-refractivity contribution in [1.82, 2.24) is 0 Å². The van der Waals surface area contributed by atoms with E-state index < -0.39 is 35.3 Å². The molecule has 0 spiro atoms. The second-order valence-corrected chi connectivity index (χ2v) is 7.59. The van der Waals surface area contributed by atoms with Gasteiger partial charge in [-0.25, -0.2) is 4.79 Å². The molecular weight excluding hydrogens is 446 g/mol. The molecule has 1 aliphatic heterocycles. The quantitative estimate of drug-likeness (QED) is 0.353. The zero-order chi connectivity index (χ0) is 24.8. The first-order valence-electron chi connectivity index (χ1n) is 10.5. The molecule has 2 aromatic carbocycles. The molecule has 0 radical (unpaired) electrons. The fraction of sp³-hybridized carbons (Fsp3) is 0.304. The molecule has 1 fully saturated rings. The number of benzene rings is 2. The molecule has 2 amide bonds. The molecule has 34 heavy (non-hydrogen) atoms. The van der Waals surface area contributed by atoms with Gasteiger partial charge in [-0.1, -0.05) is 6.07 Å². The Bertz CT molecular complexity index is 1130. The molecule has 0 bridgehead atoms. The van der Waals surface area contributed by atoms with Gasteiger partial charge in [-0.3, -0.25) is 24.5 Å². The highest BCUT2D eigenvalue weighted by Gasteiger charge is 2.37. The molecule has 1 heterocycles. The molecule has 1 saturated heterocycles. The average Bonchev–Trinajstić information content (AvgIpc) is 3.20. The second-order valence-electron chi connectivity index (χ2n) is 7.59. The predicted molar refractivity (Wildman–Crippen MR) is 120 cm³/mol. The van der Waals surface area contributed by atoms with E-state index in [4.69, 9.17) is 9.47 Å². The van der Waals surface area contributed by atoms with Crippen LogP contribution in [-0.2, 0) is 23.9 Å². The first-order valence-corrected chi connectivity index (χ1v) is 10.5. The zero-order valence-electron chi connectivity index (χ0n) is 18.6. The van der Waals surface area contributed by atoms with Crippen LogP contribution >= 0.6 is 0 Å². The standard InChI is InChI=1S/C23H23N3O8/c1-3-33-22(29)15-5-7-17(8-6-15)24-20(27)13-34-23(30)16-10-21(28)25(12-16)18-9-4-14(2)19(11-18)26(31)32/h4-9,11,16H,3,10,12-13H2,1-2H3,(H,24,27)/t16-/m0/s1. The van der Waals surface area contributed by atoms with Gasteiger partial charge in [-0.15, -0.1) is 0 Å². The number of amides is 2. The maximum Gasteiger partial charge on any atom is 0.338 e. The highest BCUT2D eigenvalue weighted by Crippen LogP contribution is 2.30. The minimum Gasteiger partial charge on any atom is -0.462 e. The van der Waals surface area contributed by atoms with Gasteiger partial charge in [0, 0.05) is 30.3 Å². The van der Waals surface area contributed by atoms with E-state index in [1.165, 1.54) is 41.3 Å². The van der Waals surface area contributed by atoms with Gasteiger partial charge in [0.25, 0.3) is 11.6 Å². The van der Waals surface area contributed by atoms with Crippen molar-refractivity contribution in [2.75, 3.05) is 30.0 Å². The van der Waals surface area contributed by atoms with Crippen molar-refractivity contribution in [2.45, 2.75) is 20.3 Å². The summed E-state index contributed by atoms with van der Waals surface area (Å²) in [5.41, 5.74) is 1.39. The number of nitro groups is 1. The van der Waals surface area contributed by atoms with Crippen molar-refractivity contribution in [2.24, 2.45) is 5.92 Å². The largest absolute Gasteiger partial charge is 0.462 e. The summed E-state index contributed by atoms with van der Waals surface area (Å²) >= 11 is 0. The van der Waals surface area contributed by atoms with E-state index in [9.17, 15) is 29.3 Å². The number of nitrogens with one attached hydrogen (secondary N) is 1. The predicted octanol–water partition coefficient (Wildman–Crippen LogP) is 2.61. The fourth-order valence-electron chi connectivity index (χ4n) is 3.43. The number of hydrogen-bond donors (Lipinski definition) is 1. The lowest BCUT2D eigenvalue weighted by Crippen LogP contribution is -2.28. The molecule has 1 atom stereocenters. The van der Waals surface area contributed by atoms with Crippen LogP contribution in [0.3, 0.4) is 0 Å². The Morgan fingerprint density at radius 3 is 2.50 bits per heavy atom.